The van der Waals surface area contributed by atoms with Crippen LogP contribution in [0.2, 0.25) is 0 Å². The first kappa shape index (κ1) is 18.0. The van der Waals surface area contributed by atoms with E-state index in [-0.39, 0.29) is 11.8 Å². The highest BCUT2D eigenvalue weighted by atomic mass is 16.5. The molecule has 0 fully saturated rings. The van der Waals surface area contributed by atoms with Crippen molar-refractivity contribution >= 4 is 5.91 Å². The van der Waals surface area contributed by atoms with Crippen molar-refractivity contribution in [1.29, 1.82) is 0 Å². The van der Waals surface area contributed by atoms with Crippen molar-refractivity contribution in [2.45, 2.75) is 39.5 Å². The van der Waals surface area contributed by atoms with E-state index in [1.807, 2.05) is 58.2 Å². The Morgan fingerprint density at radius 2 is 2.00 bits per heavy atom. The molecule has 0 N–H and O–H groups in total. The average Bonchev–Trinajstić information content (AvgIpc) is 2.92. The maximum absolute atomic E-state index is 12.8. The molecule has 130 valence electrons. The molecule has 5 nitrogen and oxygen atoms in total. The molecule has 0 saturated carbocycles. The number of ether oxygens (including phenoxy) is 1. The summed E-state index contributed by atoms with van der Waals surface area (Å²) in [7, 11) is 1.84. The van der Waals surface area contributed by atoms with Gasteiger partial charge in [0.05, 0.1) is 18.2 Å². The van der Waals surface area contributed by atoms with Gasteiger partial charge >= 0.3 is 0 Å². The number of carbonyl (C=O) groups excluding carboxylic acids is 1. The Morgan fingerprint density at radius 3 is 2.58 bits per heavy atom. The molecular formula is C19H26N2O3. The SMILES string of the molecule is CC[C@H](C(=O)N(C)CCCOc1ccccc1)c1c(C)noc1C. The monoisotopic (exact) mass is 330 g/mol. The molecule has 0 aliphatic rings. The number of aryl methyl sites for hydroxylation is 2. The van der Waals surface area contributed by atoms with Gasteiger partial charge in [0.15, 0.2) is 0 Å². The number of aromatic nitrogens is 1. The predicted molar refractivity (Wildman–Crippen MR) is 93.2 cm³/mol. The van der Waals surface area contributed by atoms with Gasteiger partial charge < -0.3 is 14.2 Å². The summed E-state index contributed by atoms with van der Waals surface area (Å²) in [4.78, 5) is 14.5. The maximum atomic E-state index is 12.8. The van der Waals surface area contributed by atoms with Crippen LogP contribution in [0.15, 0.2) is 34.9 Å². The van der Waals surface area contributed by atoms with Gasteiger partial charge in [0.25, 0.3) is 0 Å². The molecule has 0 bridgehead atoms. The molecule has 1 amide bonds. The van der Waals surface area contributed by atoms with Gasteiger partial charge in [-0.25, -0.2) is 0 Å². The van der Waals surface area contributed by atoms with Crippen LogP contribution in [0, 0.1) is 13.8 Å². The molecule has 0 aliphatic carbocycles. The van der Waals surface area contributed by atoms with Gasteiger partial charge in [0.1, 0.15) is 11.5 Å². The second-order valence-electron chi connectivity index (χ2n) is 5.97. The Balaban J connectivity index is 1.86. The van der Waals surface area contributed by atoms with Crippen LogP contribution < -0.4 is 4.74 Å². The van der Waals surface area contributed by atoms with Crippen LogP contribution in [0.25, 0.3) is 0 Å². The lowest BCUT2D eigenvalue weighted by Crippen LogP contribution is -2.33. The number of rotatable bonds is 8. The van der Waals surface area contributed by atoms with E-state index >= 15 is 0 Å². The van der Waals surface area contributed by atoms with E-state index in [0.717, 1.165) is 35.6 Å². The fourth-order valence-electron chi connectivity index (χ4n) is 2.87. The molecule has 0 spiro atoms. The maximum Gasteiger partial charge on any atom is 0.230 e. The van der Waals surface area contributed by atoms with Gasteiger partial charge in [0.2, 0.25) is 5.91 Å². The van der Waals surface area contributed by atoms with E-state index in [9.17, 15) is 4.79 Å². The molecule has 1 aromatic carbocycles. The lowest BCUT2D eigenvalue weighted by molar-refractivity contribution is -0.131. The van der Waals surface area contributed by atoms with Crippen LogP contribution in [0.5, 0.6) is 5.75 Å². The predicted octanol–water partition coefficient (Wildman–Crippen LogP) is 3.71. The summed E-state index contributed by atoms with van der Waals surface area (Å²) >= 11 is 0. The van der Waals surface area contributed by atoms with E-state index in [1.165, 1.54) is 0 Å². The van der Waals surface area contributed by atoms with Crippen LogP contribution in [0.3, 0.4) is 0 Å². The molecule has 1 aromatic heterocycles. The third kappa shape index (κ3) is 4.37. The third-order valence-electron chi connectivity index (χ3n) is 4.17. The van der Waals surface area contributed by atoms with Crippen molar-refractivity contribution in [3.05, 3.63) is 47.3 Å². The quantitative estimate of drug-likeness (QED) is 0.692. The van der Waals surface area contributed by atoms with Crippen molar-refractivity contribution in [2.24, 2.45) is 0 Å². The normalized spacial score (nSPS) is 12.0. The molecular weight excluding hydrogens is 304 g/mol. The minimum atomic E-state index is -0.198. The van der Waals surface area contributed by atoms with Gasteiger partial charge in [-0.05, 0) is 38.8 Å². The summed E-state index contributed by atoms with van der Waals surface area (Å²) in [5, 5.41) is 3.97. The van der Waals surface area contributed by atoms with Gasteiger partial charge in [-0.3, -0.25) is 4.79 Å². The van der Waals surface area contributed by atoms with Crippen LogP contribution in [-0.4, -0.2) is 36.2 Å². The summed E-state index contributed by atoms with van der Waals surface area (Å²) in [6.07, 6.45) is 1.52. The summed E-state index contributed by atoms with van der Waals surface area (Å²) in [5.74, 6) is 1.49. The van der Waals surface area contributed by atoms with Gasteiger partial charge in [-0.2, -0.15) is 0 Å². The highest BCUT2D eigenvalue weighted by Gasteiger charge is 2.27. The molecule has 1 heterocycles. The number of hydrogen-bond donors (Lipinski definition) is 0. The summed E-state index contributed by atoms with van der Waals surface area (Å²) in [6.45, 7) is 7.00. The number of nitrogens with zero attached hydrogens (tertiary/aromatic N) is 2. The first-order valence-electron chi connectivity index (χ1n) is 8.40. The number of amides is 1. The summed E-state index contributed by atoms with van der Waals surface area (Å²) in [5.41, 5.74) is 1.73. The molecule has 2 rings (SSSR count). The number of benzene rings is 1. The largest absolute Gasteiger partial charge is 0.494 e. The summed E-state index contributed by atoms with van der Waals surface area (Å²) in [6, 6.07) is 9.71. The molecule has 0 unspecified atom stereocenters. The molecule has 5 heteroatoms. The van der Waals surface area contributed by atoms with Gasteiger partial charge in [-0.1, -0.05) is 30.3 Å². The first-order chi connectivity index (χ1) is 11.5. The molecule has 24 heavy (non-hydrogen) atoms. The zero-order chi connectivity index (χ0) is 17.5. The minimum Gasteiger partial charge on any atom is -0.494 e. The van der Waals surface area contributed by atoms with Crippen molar-refractivity contribution in [2.75, 3.05) is 20.2 Å². The van der Waals surface area contributed by atoms with Crippen LogP contribution in [0.1, 0.15) is 42.7 Å². The van der Waals surface area contributed by atoms with Crippen molar-refractivity contribution in [3.63, 3.8) is 0 Å². The molecule has 0 aliphatic heterocycles. The molecule has 1 atom stereocenters. The van der Waals surface area contributed by atoms with Crippen LogP contribution in [0.4, 0.5) is 0 Å². The lowest BCUT2D eigenvalue weighted by atomic mass is 9.93. The fraction of sp³-hybridized carbons (Fsp3) is 0.474. The molecule has 2 aromatic rings. The number of likely N-dealkylation sites (N-methyl/N-ethyl adjacent to an activating group) is 1. The fourth-order valence-corrected chi connectivity index (χ4v) is 2.87. The topological polar surface area (TPSA) is 55.6 Å². The first-order valence-corrected chi connectivity index (χ1v) is 8.40. The standard InChI is InChI=1S/C19H26N2O3/c1-5-17(18-14(2)20-24-15(18)3)19(22)21(4)12-9-13-23-16-10-7-6-8-11-16/h6-8,10-11,17H,5,9,12-13H2,1-4H3/t17-/m0/s1. The van der Waals surface area contributed by atoms with E-state index < -0.39 is 0 Å². The zero-order valence-electron chi connectivity index (χ0n) is 14.9. The van der Waals surface area contributed by atoms with Crippen molar-refractivity contribution < 1.29 is 14.1 Å². The van der Waals surface area contributed by atoms with Crippen LogP contribution in [-0.2, 0) is 4.79 Å². The third-order valence-corrected chi connectivity index (χ3v) is 4.17. The van der Waals surface area contributed by atoms with Crippen molar-refractivity contribution in [1.82, 2.24) is 10.1 Å². The highest BCUT2D eigenvalue weighted by molar-refractivity contribution is 5.84. The Labute approximate surface area is 143 Å². The Kier molecular flexibility index (Phi) is 6.41. The van der Waals surface area contributed by atoms with E-state index in [1.54, 1.807) is 4.90 Å². The second kappa shape index (κ2) is 8.52. The molecule has 0 saturated heterocycles. The Morgan fingerprint density at radius 1 is 1.29 bits per heavy atom. The van der Waals surface area contributed by atoms with E-state index in [4.69, 9.17) is 9.26 Å². The molecule has 0 radical (unpaired) electrons. The van der Waals surface area contributed by atoms with E-state index in [0.29, 0.717) is 13.2 Å². The second-order valence-corrected chi connectivity index (χ2v) is 5.97. The number of hydrogen-bond acceptors (Lipinski definition) is 4. The van der Waals surface area contributed by atoms with Crippen molar-refractivity contribution in [3.8, 4) is 5.75 Å². The Hall–Kier alpha value is -2.30. The summed E-state index contributed by atoms with van der Waals surface area (Å²) < 4.78 is 10.9. The Bertz CT molecular complexity index is 632. The van der Waals surface area contributed by atoms with Crippen LogP contribution >= 0.6 is 0 Å². The minimum absolute atomic E-state index is 0.103. The highest BCUT2D eigenvalue weighted by Crippen LogP contribution is 2.27. The van der Waals surface area contributed by atoms with Gasteiger partial charge in [0, 0.05) is 19.2 Å². The zero-order valence-corrected chi connectivity index (χ0v) is 14.9. The average molecular weight is 330 g/mol. The number of carbonyl (C=O) groups is 1. The van der Waals surface area contributed by atoms with Gasteiger partial charge in [-0.15, -0.1) is 0 Å². The lowest BCUT2D eigenvalue weighted by Gasteiger charge is -2.23. The van der Waals surface area contributed by atoms with E-state index in [2.05, 4.69) is 5.16 Å². The smallest absolute Gasteiger partial charge is 0.230 e. The number of para-hydroxylation sites is 1.